The molecule has 2 rings (SSSR count). The second-order valence-corrected chi connectivity index (χ2v) is 5.87. The summed E-state index contributed by atoms with van der Waals surface area (Å²) in [4.78, 5) is 17.9. The molecular weight excluding hydrogens is 346 g/mol. The fourth-order valence-corrected chi connectivity index (χ4v) is 2.50. The summed E-state index contributed by atoms with van der Waals surface area (Å²) in [6.07, 6.45) is 2.61. The van der Waals surface area contributed by atoms with Crippen molar-refractivity contribution in [3.63, 3.8) is 0 Å². The molecule has 5 nitrogen and oxygen atoms in total. The number of aromatic nitrogens is 1. The molecule has 1 amide bonds. The summed E-state index contributed by atoms with van der Waals surface area (Å²) in [6, 6.07) is 7.82. The molecule has 0 bridgehead atoms. The molecule has 0 radical (unpaired) electrons. The number of aryl methyl sites for hydroxylation is 1. The molecular formula is C16H20BrN3O2. The highest BCUT2D eigenvalue weighted by atomic mass is 79.9. The van der Waals surface area contributed by atoms with Crippen molar-refractivity contribution in [2.24, 2.45) is 0 Å². The molecule has 0 aliphatic carbocycles. The Kier molecular flexibility index (Phi) is 6.15. The minimum absolute atomic E-state index is 0.0934. The number of carbonyl (C=O) groups is 1. The van der Waals surface area contributed by atoms with Crippen LogP contribution in [0.3, 0.4) is 0 Å². The number of nitrogens with zero attached hydrogens (tertiary/aromatic N) is 2. The maximum absolute atomic E-state index is 12.0. The lowest BCUT2D eigenvalue weighted by atomic mass is 10.2. The van der Waals surface area contributed by atoms with Gasteiger partial charge in [-0.3, -0.25) is 4.79 Å². The van der Waals surface area contributed by atoms with Crippen LogP contribution in [0.5, 0.6) is 0 Å². The molecule has 0 saturated carbocycles. The lowest BCUT2D eigenvalue weighted by Crippen LogP contribution is -2.32. The van der Waals surface area contributed by atoms with Crippen LogP contribution in [0.15, 0.2) is 39.4 Å². The van der Waals surface area contributed by atoms with Crippen LogP contribution in [-0.4, -0.2) is 43.0 Å². The predicted octanol–water partition coefficient (Wildman–Crippen LogP) is 2.71. The van der Waals surface area contributed by atoms with E-state index in [0.717, 1.165) is 16.6 Å². The molecule has 1 aromatic carbocycles. The van der Waals surface area contributed by atoms with Crippen molar-refractivity contribution in [3.05, 3.63) is 40.8 Å². The second kappa shape index (κ2) is 8.10. The van der Waals surface area contributed by atoms with E-state index in [1.165, 1.54) is 0 Å². The van der Waals surface area contributed by atoms with E-state index < -0.39 is 0 Å². The fraction of sp³-hybridized carbons (Fsp3) is 0.375. The highest BCUT2D eigenvalue weighted by Gasteiger charge is 2.12. The van der Waals surface area contributed by atoms with Gasteiger partial charge in [0.15, 0.2) is 11.7 Å². The zero-order valence-corrected chi connectivity index (χ0v) is 14.4. The summed E-state index contributed by atoms with van der Waals surface area (Å²) in [6.45, 7) is 1.48. The second-order valence-electron chi connectivity index (χ2n) is 5.02. The van der Waals surface area contributed by atoms with Crippen LogP contribution in [0, 0.1) is 0 Å². The smallest absolute Gasteiger partial charge is 0.222 e. The highest BCUT2D eigenvalue weighted by Crippen LogP contribution is 2.28. The summed E-state index contributed by atoms with van der Waals surface area (Å²) < 4.78 is 6.70. The first kappa shape index (κ1) is 16.7. The zero-order valence-electron chi connectivity index (χ0n) is 12.8. The number of benzene rings is 1. The predicted molar refractivity (Wildman–Crippen MR) is 89.5 cm³/mol. The number of hydrogen-bond acceptors (Lipinski definition) is 4. The average molecular weight is 366 g/mol. The van der Waals surface area contributed by atoms with E-state index in [2.05, 4.69) is 26.2 Å². The molecule has 1 heterocycles. The van der Waals surface area contributed by atoms with Crippen molar-refractivity contribution in [3.8, 4) is 11.3 Å². The number of halogens is 1. The lowest BCUT2D eigenvalue weighted by Gasteiger charge is -2.16. The Labute approximate surface area is 138 Å². The summed E-state index contributed by atoms with van der Waals surface area (Å²) in [7, 11) is 3.68. The van der Waals surface area contributed by atoms with Gasteiger partial charge in [0.05, 0.1) is 6.20 Å². The van der Waals surface area contributed by atoms with Crippen molar-refractivity contribution < 1.29 is 9.21 Å². The van der Waals surface area contributed by atoms with E-state index >= 15 is 0 Å². The number of rotatable bonds is 7. The highest BCUT2D eigenvalue weighted by molar-refractivity contribution is 9.10. The number of carbonyl (C=O) groups excluding carboxylic acids is 1. The Morgan fingerprint density at radius 3 is 2.91 bits per heavy atom. The Balaban J connectivity index is 1.93. The van der Waals surface area contributed by atoms with Crippen LogP contribution in [0.4, 0.5) is 0 Å². The third kappa shape index (κ3) is 4.42. The van der Waals surface area contributed by atoms with Gasteiger partial charge < -0.3 is 14.6 Å². The maximum atomic E-state index is 12.0. The van der Waals surface area contributed by atoms with Crippen molar-refractivity contribution in [1.29, 1.82) is 0 Å². The normalized spacial score (nSPS) is 10.7. The molecule has 2 aromatic rings. The minimum Gasteiger partial charge on any atom is -0.441 e. The number of amides is 1. The van der Waals surface area contributed by atoms with Crippen LogP contribution >= 0.6 is 15.9 Å². The zero-order chi connectivity index (χ0) is 15.9. The van der Waals surface area contributed by atoms with E-state index in [-0.39, 0.29) is 5.91 Å². The maximum Gasteiger partial charge on any atom is 0.222 e. The van der Waals surface area contributed by atoms with Gasteiger partial charge in [0, 0.05) is 43.0 Å². The molecule has 0 spiro atoms. The van der Waals surface area contributed by atoms with Crippen LogP contribution in [0.1, 0.15) is 12.3 Å². The average Bonchev–Trinajstić information content (AvgIpc) is 2.99. The van der Waals surface area contributed by atoms with Gasteiger partial charge in [0.25, 0.3) is 0 Å². The first-order valence-corrected chi connectivity index (χ1v) is 7.99. The van der Waals surface area contributed by atoms with Gasteiger partial charge in [0.2, 0.25) is 5.91 Å². The van der Waals surface area contributed by atoms with Crippen molar-refractivity contribution in [1.82, 2.24) is 15.2 Å². The van der Waals surface area contributed by atoms with Gasteiger partial charge in [-0.1, -0.05) is 34.1 Å². The number of hydrogen-bond donors (Lipinski definition) is 1. The quantitative estimate of drug-likeness (QED) is 0.819. The van der Waals surface area contributed by atoms with Crippen LogP contribution in [-0.2, 0) is 11.2 Å². The van der Waals surface area contributed by atoms with Crippen molar-refractivity contribution >= 4 is 21.8 Å². The van der Waals surface area contributed by atoms with Gasteiger partial charge in [0.1, 0.15) is 0 Å². The molecule has 22 heavy (non-hydrogen) atoms. The largest absolute Gasteiger partial charge is 0.441 e. The van der Waals surface area contributed by atoms with E-state index in [4.69, 9.17) is 4.42 Å². The Morgan fingerprint density at radius 2 is 2.18 bits per heavy atom. The van der Waals surface area contributed by atoms with Crippen LogP contribution in [0.25, 0.3) is 11.3 Å². The molecule has 1 aromatic heterocycles. The third-order valence-corrected chi connectivity index (χ3v) is 4.06. The van der Waals surface area contributed by atoms with Crippen LogP contribution < -0.4 is 5.32 Å². The summed E-state index contributed by atoms with van der Waals surface area (Å²) in [5.41, 5.74) is 0.957. The third-order valence-electron chi connectivity index (χ3n) is 3.37. The topological polar surface area (TPSA) is 58.4 Å². The molecule has 0 unspecified atom stereocenters. The lowest BCUT2D eigenvalue weighted by molar-refractivity contribution is -0.129. The first-order chi connectivity index (χ1) is 10.6. The van der Waals surface area contributed by atoms with E-state index in [1.54, 1.807) is 11.1 Å². The molecule has 0 aliphatic heterocycles. The Hall–Kier alpha value is -1.66. The van der Waals surface area contributed by atoms with Gasteiger partial charge in [-0.25, -0.2) is 4.98 Å². The van der Waals surface area contributed by atoms with Gasteiger partial charge in [-0.05, 0) is 13.1 Å². The van der Waals surface area contributed by atoms with Crippen molar-refractivity contribution in [2.45, 2.75) is 12.8 Å². The Bertz CT molecular complexity index is 627. The van der Waals surface area contributed by atoms with E-state index in [1.807, 2.05) is 38.4 Å². The SMILES string of the molecule is CNCCN(C)C(=O)CCc1ncc(-c2ccccc2Br)o1. The fourth-order valence-electron chi connectivity index (χ4n) is 2.02. The molecule has 0 aliphatic rings. The van der Waals surface area contributed by atoms with E-state index in [0.29, 0.717) is 31.0 Å². The molecule has 0 saturated heterocycles. The van der Waals surface area contributed by atoms with Gasteiger partial charge >= 0.3 is 0 Å². The van der Waals surface area contributed by atoms with Crippen LogP contribution in [0.2, 0.25) is 0 Å². The van der Waals surface area contributed by atoms with Gasteiger partial charge in [-0.2, -0.15) is 0 Å². The summed E-state index contributed by atoms with van der Waals surface area (Å²) in [5, 5.41) is 3.02. The molecule has 0 fully saturated rings. The minimum atomic E-state index is 0.0934. The Morgan fingerprint density at radius 1 is 1.41 bits per heavy atom. The summed E-state index contributed by atoms with van der Waals surface area (Å²) >= 11 is 3.49. The number of likely N-dealkylation sites (N-methyl/N-ethyl adjacent to an activating group) is 2. The van der Waals surface area contributed by atoms with E-state index in [9.17, 15) is 4.79 Å². The molecule has 0 atom stereocenters. The number of nitrogens with one attached hydrogen (secondary N) is 1. The molecule has 6 heteroatoms. The molecule has 1 N–H and O–H groups in total. The number of oxazole rings is 1. The summed E-state index contributed by atoms with van der Waals surface area (Å²) in [5.74, 6) is 1.38. The van der Waals surface area contributed by atoms with Crippen molar-refractivity contribution in [2.75, 3.05) is 27.2 Å². The van der Waals surface area contributed by atoms with Gasteiger partial charge in [-0.15, -0.1) is 0 Å². The molecule has 118 valence electrons. The first-order valence-electron chi connectivity index (χ1n) is 7.20. The standard InChI is InChI=1S/C16H20BrN3O2/c1-18-9-10-20(2)16(21)8-7-15-19-11-14(22-15)12-5-3-4-6-13(12)17/h3-6,11,18H,7-10H2,1-2H3. The monoisotopic (exact) mass is 365 g/mol.